The Labute approximate surface area is 193 Å². The smallest absolute Gasteiger partial charge is 0.223 e. The monoisotopic (exact) mass is 508 g/mol. The molecule has 8 nitrogen and oxygen atoms in total. The second-order valence-corrected chi connectivity index (χ2v) is 7.62. The van der Waals surface area contributed by atoms with Crippen LogP contribution in [-0.4, -0.2) is 47.6 Å². The summed E-state index contributed by atoms with van der Waals surface area (Å²) < 4.78 is 18.7. The molecule has 0 aliphatic carbocycles. The van der Waals surface area contributed by atoms with Crippen LogP contribution in [0.1, 0.15) is 24.0 Å². The third-order valence-corrected chi connectivity index (χ3v) is 5.55. The van der Waals surface area contributed by atoms with E-state index in [4.69, 9.17) is 36.7 Å². The summed E-state index contributed by atoms with van der Waals surface area (Å²) in [6.45, 7) is 0.451. The fourth-order valence-electron chi connectivity index (χ4n) is 3.17. The van der Waals surface area contributed by atoms with Crippen molar-refractivity contribution in [3.05, 3.63) is 33.0 Å². The van der Waals surface area contributed by atoms with Gasteiger partial charge in [-0.15, -0.1) is 0 Å². The van der Waals surface area contributed by atoms with Crippen LogP contribution in [0.2, 0.25) is 5.02 Å². The van der Waals surface area contributed by atoms with Crippen LogP contribution in [0.15, 0.2) is 16.9 Å². The molecule has 0 aliphatic rings. The third-order valence-electron chi connectivity index (χ3n) is 4.56. The Morgan fingerprint density at radius 2 is 1.94 bits per heavy atom. The molecule has 0 spiro atoms. The third kappa shape index (κ3) is 4.66. The number of fused-ring (bicyclic) bond motifs is 1. The maximum Gasteiger partial charge on any atom is 0.223 e. The molecule has 3 rings (SSSR count). The van der Waals surface area contributed by atoms with Crippen LogP contribution in [-0.2, 0) is 6.54 Å². The van der Waals surface area contributed by atoms with Crippen LogP contribution in [0, 0.1) is 11.8 Å². The van der Waals surface area contributed by atoms with E-state index in [0.29, 0.717) is 51.9 Å². The number of nitrogens with two attached hydrogens (primary N) is 1. The Balaban J connectivity index is 2.15. The highest BCUT2D eigenvalue weighted by atomic mass is 79.9. The van der Waals surface area contributed by atoms with Crippen LogP contribution in [0.4, 0.5) is 5.95 Å². The summed E-state index contributed by atoms with van der Waals surface area (Å²) in [5, 5.41) is 10.1. The van der Waals surface area contributed by atoms with Gasteiger partial charge in [-0.3, -0.25) is 0 Å². The molecule has 2 heterocycles. The van der Waals surface area contributed by atoms with Crippen molar-refractivity contribution >= 4 is 44.5 Å². The minimum atomic E-state index is 0.0966. The number of aliphatic hydroxyl groups is 1. The van der Waals surface area contributed by atoms with Crippen LogP contribution < -0.4 is 19.9 Å². The molecule has 0 bridgehead atoms. The minimum absolute atomic E-state index is 0.0966. The number of methoxy groups -OCH3 is 3. The predicted octanol–water partition coefficient (Wildman–Crippen LogP) is 3.63. The number of hydrogen-bond donors (Lipinski definition) is 2. The number of nitrogen functional groups attached to an aromatic ring is 1. The molecule has 0 fully saturated rings. The van der Waals surface area contributed by atoms with E-state index in [0.717, 1.165) is 16.5 Å². The lowest BCUT2D eigenvalue weighted by Crippen LogP contribution is -2.05. The summed E-state index contributed by atoms with van der Waals surface area (Å²) in [5.41, 5.74) is 7.97. The zero-order valence-corrected chi connectivity index (χ0v) is 19.7. The van der Waals surface area contributed by atoms with Gasteiger partial charge in [-0.25, -0.2) is 4.98 Å². The van der Waals surface area contributed by atoms with Gasteiger partial charge in [0.15, 0.2) is 11.5 Å². The number of anilines is 1. The largest absolute Gasteiger partial charge is 0.493 e. The topological polar surface area (TPSA) is 105 Å². The predicted molar refractivity (Wildman–Crippen MR) is 123 cm³/mol. The lowest BCUT2D eigenvalue weighted by Gasteiger charge is -2.17. The molecule has 0 aliphatic heterocycles. The highest BCUT2D eigenvalue weighted by Crippen LogP contribution is 2.45. The maximum absolute atomic E-state index is 8.97. The first-order chi connectivity index (χ1) is 14.9. The molecule has 31 heavy (non-hydrogen) atoms. The van der Waals surface area contributed by atoms with Gasteiger partial charge in [0.2, 0.25) is 11.7 Å². The zero-order valence-electron chi connectivity index (χ0n) is 17.3. The molecule has 10 heteroatoms. The molecular weight excluding hydrogens is 488 g/mol. The van der Waals surface area contributed by atoms with Crippen molar-refractivity contribution < 1.29 is 19.3 Å². The van der Waals surface area contributed by atoms with Gasteiger partial charge in [0.1, 0.15) is 10.3 Å². The number of nitrogens with zero attached hydrogens (tertiary/aromatic N) is 3. The summed E-state index contributed by atoms with van der Waals surface area (Å²) in [7, 11) is 4.59. The Bertz CT molecular complexity index is 1170. The average Bonchev–Trinajstić information content (AvgIpc) is 3.09. The second kappa shape index (κ2) is 10.1. The van der Waals surface area contributed by atoms with Crippen LogP contribution >= 0.6 is 27.5 Å². The van der Waals surface area contributed by atoms with Crippen LogP contribution in [0.3, 0.4) is 0 Å². The molecule has 0 unspecified atom stereocenters. The lowest BCUT2D eigenvalue weighted by atomic mass is 10.1. The van der Waals surface area contributed by atoms with Crippen LogP contribution in [0.25, 0.3) is 11.0 Å². The summed E-state index contributed by atoms with van der Waals surface area (Å²) in [6.07, 6.45) is 3.06. The molecule has 1 aromatic carbocycles. The molecule has 0 atom stereocenters. The van der Waals surface area contributed by atoms with Crippen molar-refractivity contribution in [2.45, 2.75) is 19.4 Å². The number of ether oxygens (including phenoxy) is 3. The van der Waals surface area contributed by atoms with E-state index in [1.165, 1.54) is 14.2 Å². The standard InChI is InChI=1S/C21H22BrClN4O4/c1-29-14-9-13(16(23)18(31-3)17(14)30-2)11-27-10-12(7-5-4-6-8-28)15-19(22)25-21(24)26-20(15)27/h9-10,28H,4,6,8,11H2,1-3H3,(H2,24,25,26). The van der Waals surface area contributed by atoms with Gasteiger partial charge in [-0.2, -0.15) is 4.98 Å². The zero-order chi connectivity index (χ0) is 22.5. The molecule has 2 aromatic heterocycles. The normalized spacial score (nSPS) is 10.6. The van der Waals surface area contributed by atoms with E-state index in [2.05, 4.69) is 37.7 Å². The van der Waals surface area contributed by atoms with Gasteiger partial charge < -0.3 is 29.6 Å². The van der Waals surface area contributed by atoms with Crippen molar-refractivity contribution in [3.8, 4) is 29.1 Å². The molecule has 0 saturated heterocycles. The lowest BCUT2D eigenvalue weighted by molar-refractivity contribution is 0.290. The van der Waals surface area contributed by atoms with Gasteiger partial charge in [0, 0.05) is 19.2 Å². The first-order valence-corrected chi connectivity index (χ1v) is 10.5. The Hall–Kier alpha value is -2.67. The summed E-state index contributed by atoms with van der Waals surface area (Å²) in [4.78, 5) is 8.61. The number of halogens is 2. The molecule has 0 amide bonds. The molecule has 164 valence electrons. The van der Waals surface area contributed by atoms with E-state index in [1.807, 2.05) is 10.8 Å². The highest BCUT2D eigenvalue weighted by Gasteiger charge is 2.21. The highest BCUT2D eigenvalue weighted by molar-refractivity contribution is 9.10. The van der Waals surface area contributed by atoms with Gasteiger partial charge in [0.25, 0.3) is 0 Å². The first kappa shape index (κ1) is 23.0. The van der Waals surface area contributed by atoms with Gasteiger partial charge >= 0.3 is 0 Å². The summed E-state index contributed by atoms with van der Waals surface area (Å²) in [5.74, 6) is 7.62. The van der Waals surface area contributed by atoms with E-state index >= 15 is 0 Å². The number of unbranched alkanes of at least 4 members (excludes halogenated alkanes) is 1. The van der Waals surface area contributed by atoms with E-state index in [-0.39, 0.29) is 12.6 Å². The maximum atomic E-state index is 8.97. The minimum Gasteiger partial charge on any atom is -0.493 e. The van der Waals surface area contributed by atoms with Crippen molar-refractivity contribution in [2.75, 3.05) is 33.7 Å². The number of hydrogen-bond acceptors (Lipinski definition) is 7. The second-order valence-electron chi connectivity index (χ2n) is 6.49. The van der Waals surface area contributed by atoms with E-state index in [9.17, 15) is 0 Å². The molecule has 0 radical (unpaired) electrons. The van der Waals surface area contributed by atoms with Gasteiger partial charge in [-0.1, -0.05) is 23.4 Å². The van der Waals surface area contributed by atoms with Crippen molar-refractivity contribution in [3.63, 3.8) is 0 Å². The van der Waals surface area contributed by atoms with Crippen molar-refractivity contribution in [1.29, 1.82) is 0 Å². The Morgan fingerprint density at radius 1 is 1.19 bits per heavy atom. The first-order valence-electron chi connectivity index (χ1n) is 9.34. The van der Waals surface area contributed by atoms with Crippen molar-refractivity contribution in [2.24, 2.45) is 0 Å². The average molecular weight is 510 g/mol. The van der Waals surface area contributed by atoms with Gasteiger partial charge in [0.05, 0.1) is 43.8 Å². The molecule has 3 aromatic rings. The summed E-state index contributed by atoms with van der Waals surface area (Å²) in [6, 6.07) is 1.79. The number of aliphatic hydroxyl groups excluding tert-OH is 1. The Morgan fingerprint density at radius 3 is 2.58 bits per heavy atom. The van der Waals surface area contributed by atoms with Gasteiger partial charge in [-0.05, 0) is 34.0 Å². The number of aromatic nitrogens is 3. The fraction of sp³-hybridized carbons (Fsp3) is 0.333. The van der Waals surface area contributed by atoms with Crippen LogP contribution in [0.5, 0.6) is 17.2 Å². The number of rotatable bonds is 7. The van der Waals surface area contributed by atoms with E-state index in [1.54, 1.807) is 13.2 Å². The molecule has 0 saturated carbocycles. The fourth-order valence-corrected chi connectivity index (χ4v) is 4.02. The number of benzene rings is 1. The molecular formula is C21H22BrClN4O4. The quantitative estimate of drug-likeness (QED) is 0.285. The Kier molecular flexibility index (Phi) is 7.49. The van der Waals surface area contributed by atoms with E-state index < -0.39 is 0 Å². The van der Waals surface area contributed by atoms with Crippen molar-refractivity contribution in [1.82, 2.24) is 14.5 Å². The summed E-state index contributed by atoms with van der Waals surface area (Å²) >= 11 is 10.1. The SMILES string of the molecule is COc1cc(Cn2cc(C#CCCCO)c3c(Br)nc(N)nc32)c(Cl)c(OC)c1OC. The molecule has 3 N–H and O–H groups in total.